The monoisotopic (exact) mass is 302 g/mol. The highest BCUT2D eigenvalue weighted by Gasteiger charge is 2.28. The summed E-state index contributed by atoms with van der Waals surface area (Å²) in [5.41, 5.74) is 1.10. The summed E-state index contributed by atoms with van der Waals surface area (Å²) in [5, 5.41) is 13.1. The van der Waals surface area contributed by atoms with Crippen LogP contribution in [-0.2, 0) is 0 Å². The predicted molar refractivity (Wildman–Crippen MR) is 88.5 cm³/mol. The molecule has 3 atom stereocenters. The van der Waals surface area contributed by atoms with Gasteiger partial charge in [0.25, 0.3) is 0 Å². The number of likely N-dealkylation sites (tertiary alicyclic amines) is 1. The Morgan fingerprint density at radius 2 is 2.23 bits per heavy atom. The molecule has 22 heavy (non-hydrogen) atoms. The van der Waals surface area contributed by atoms with E-state index in [4.69, 9.17) is 0 Å². The number of aliphatic hydroxyl groups is 1. The molecule has 4 heteroatoms. The zero-order valence-electron chi connectivity index (χ0n) is 13.2. The first-order chi connectivity index (χ1) is 10.6. The molecule has 0 bridgehead atoms. The summed E-state index contributed by atoms with van der Waals surface area (Å²) in [6, 6.07) is 9.87. The summed E-state index contributed by atoms with van der Waals surface area (Å²) in [4.78, 5) is 14.2. The zero-order valence-corrected chi connectivity index (χ0v) is 13.2. The molecule has 0 radical (unpaired) electrons. The van der Waals surface area contributed by atoms with Gasteiger partial charge in [0.1, 0.15) is 0 Å². The molecule has 1 aliphatic heterocycles. The van der Waals surface area contributed by atoms with Crippen molar-refractivity contribution in [3.05, 3.63) is 48.6 Å². The number of rotatable bonds is 5. The SMILES string of the molecule is C=CCCC(NC(=O)N1CCC(C)C(O)C1)c1ccccc1. The molecule has 1 aromatic carbocycles. The normalized spacial score (nSPS) is 22.9. The van der Waals surface area contributed by atoms with Crippen molar-refractivity contribution in [2.75, 3.05) is 13.1 Å². The maximum absolute atomic E-state index is 12.5. The third-order valence-corrected chi connectivity index (χ3v) is 4.36. The molecule has 0 aromatic heterocycles. The number of allylic oxidation sites excluding steroid dienone is 1. The number of nitrogens with zero attached hydrogens (tertiary/aromatic N) is 1. The summed E-state index contributed by atoms with van der Waals surface area (Å²) < 4.78 is 0. The largest absolute Gasteiger partial charge is 0.391 e. The summed E-state index contributed by atoms with van der Waals surface area (Å²) in [5.74, 6) is 0.259. The van der Waals surface area contributed by atoms with Crippen LogP contribution < -0.4 is 5.32 Å². The highest BCUT2D eigenvalue weighted by molar-refractivity contribution is 5.75. The number of amides is 2. The maximum Gasteiger partial charge on any atom is 0.317 e. The van der Waals surface area contributed by atoms with E-state index in [9.17, 15) is 9.90 Å². The van der Waals surface area contributed by atoms with Gasteiger partial charge in [0, 0.05) is 13.1 Å². The van der Waals surface area contributed by atoms with Crippen molar-refractivity contribution < 1.29 is 9.90 Å². The highest BCUT2D eigenvalue weighted by Crippen LogP contribution is 2.21. The van der Waals surface area contributed by atoms with E-state index in [0.29, 0.717) is 13.1 Å². The van der Waals surface area contributed by atoms with Crippen molar-refractivity contribution in [2.24, 2.45) is 5.92 Å². The second-order valence-electron chi connectivity index (χ2n) is 6.06. The van der Waals surface area contributed by atoms with Gasteiger partial charge in [-0.05, 0) is 30.7 Å². The molecule has 2 rings (SSSR count). The number of carbonyl (C=O) groups is 1. The minimum Gasteiger partial charge on any atom is -0.391 e. The van der Waals surface area contributed by atoms with Crippen LogP contribution in [0.2, 0.25) is 0 Å². The minimum atomic E-state index is -0.428. The number of hydrogen-bond acceptors (Lipinski definition) is 2. The topological polar surface area (TPSA) is 52.6 Å². The number of carbonyl (C=O) groups excluding carboxylic acids is 1. The van der Waals surface area contributed by atoms with E-state index in [2.05, 4.69) is 11.9 Å². The van der Waals surface area contributed by atoms with Crippen molar-refractivity contribution in [3.63, 3.8) is 0 Å². The van der Waals surface area contributed by atoms with E-state index in [1.165, 1.54) is 0 Å². The van der Waals surface area contributed by atoms with Crippen LogP contribution in [0.5, 0.6) is 0 Å². The molecular formula is C18H26N2O2. The fraction of sp³-hybridized carbons (Fsp3) is 0.500. The Morgan fingerprint density at radius 1 is 1.50 bits per heavy atom. The zero-order chi connectivity index (χ0) is 15.9. The van der Waals surface area contributed by atoms with Crippen molar-refractivity contribution >= 4 is 6.03 Å². The van der Waals surface area contributed by atoms with E-state index in [-0.39, 0.29) is 18.0 Å². The Hall–Kier alpha value is -1.81. The van der Waals surface area contributed by atoms with Gasteiger partial charge in [-0.15, -0.1) is 6.58 Å². The van der Waals surface area contributed by atoms with Crippen LogP contribution in [0.3, 0.4) is 0 Å². The van der Waals surface area contributed by atoms with Crippen molar-refractivity contribution in [1.29, 1.82) is 0 Å². The van der Waals surface area contributed by atoms with E-state index in [0.717, 1.165) is 24.8 Å². The third kappa shape index (κ3) is 4.34. The second kappa shape index (κ2) is 7.99. The predicted octanol–water partition coefficient (Wildman–Crippen LogP) is 3.11. The van der Waals surface area contributed by atoms with Gasteiger partial charge < -0.3 is 15.3 Å². The molecule has 1 saturated heterocycles. The standard InChI is InChI=1S/C18H26N2O2/c1-3-4-10-16(15-8-6-5-7-9-15)19-18(22)20-12-11-14(2)17(21)13-20/h3,5-9,14,16-17,21H,1,4,10-13H2,2H3,(H,19,22). The number of hydrogen-bond donors (Lipinski definition) is 2. The van der Waals surface area contributed by atoms with Crippen molar-refractivity contribution in [1.82, 2.24) is 10.2 Å². The quantitative estimate of drug-likeness (QED) is 0.821. The molecule has 120 valence electrons. The van der Waals surface area contributed by atoms with E-state index >= 15 is 0 Å². The van der Waals surface area contributed by atoms with Gasteiger partial charge in [-0.1, -0.05) is 43.3 Å². The average molecular weight is 302 g/mol. The van der Waals surface area contributed by atoms with Crippen molar-refractivity contribution in [3.8, 4) is 0 Å². The summed E-state index contributed by atoms with van der Waals surface area (Å²) in [6.45, 7) is 6.90. The minimum absolute atomic E-state index is 0.0248. The Balaban J connectivity index is 2.00. The van der Waals surface area contributed by atoms with Gasteiger partial charge in [-0.25, -0.2) is 4.79 Å². The molecule has 1 aliphatic rings. The third-order valence-electron chi connectivity index (χ3n) is 4.36. The Morgan fingerprint density at radius 3 is 2.86 bits per heavy atom. The van der Waals surface area contributed by atoms with Crippen LogP contribution in [0.1, 0.15) is 37.8 Å². The molecule has 1 aromatic rings. The Labute approximate surface area is 132 Å². The Bertz CT molecular complexity index is 489. The summed E-state index contributed by atoms with van der Waals surface area (Å²) in [6.07, 6.45) is 3.96. The number of piperidine rings is 1. The van der Waals surface area contributed by atoms with Crippen LogP contribution in [-0.4, -0.2) is 35.2 Å². The lowest BCUT2D eigenvalue weighted by molar-refractivity contribution is 0.0429. The fourth-order valence-electron chi connectivity index (χ4n) is 2.77. The molecule has 2 amide bonds. The molecular weight excluding hydrogens is 276 g/mol. The van der Waals surface area contributed by atoms with Crippen LogP contribution in [0, 0.1) is 5.92 Å². The van der Waals surface area contributed by atoms with Crippen LogP contribution in [0.25, 0.3) is 0 Å². The Kier molecular flexibility index (Phi) is 6.01. The number of benzene rings is 1. The smallest absolute Gasteiger partial charge is 0.317 e. The second-order valence-corrected chi connectivity index (χ2v) is 6.06. The van der Waals surface area contributed by atoms with Crippen LogP contribution in [0.15, 0.2) is 43.0 Å². The van der Waals surface area contributed by atoms with Crippen LogP contribution in [0.4, 0.5) is 4.79 Å². The van der Waals surface area contributed by atoms with Gasteiger partial charge in [-0.3, -0.25) is 0 Å². The van der Waals surface area contributed by atoms with Gasteiger partial charge in [0.15, 0.2) is 0 Å². The molecule has 2 N–H and O–H groups in total. The number of aliphatic hydroxyl groups excluding tert-OH is 1. The molecule has 1 fully saturated rings. The first kappa shape index (κ1) is 16.6. The first-order valence-corrected chi connectivity index (χ1v) is 8.01. The lowest BCUT2D eigenvalue weighted by Gasteiger charge is -2.35. The number of nitrogens with one attached hydrogen (secondary N) is 1. The van der Waals surface area contributed by atoms with Gasteiger partial charge in [0.05, 0.1) is 12.1 Å². The van der Waals surface area contributed by atoms with Gasteiger partial charge in [0.2, 0.25) is 0 Å². The van der Waals surface area contributed by atoms with Crippen LogP contribution >= 0.6 is 0 Å². The van der Waals surface area contributed by atoms with E-state index in [1.807, 2.05) is 43.3 Å². The molecule has 0 spiro atoms. The number of urea groups is 1. The first-order valence-electron chi connectivity index (χ1n) is 8.01. The van der Waals surface area contributed by atoms with Crippen molar-refractivity contribution in [2.45, 2.75) is 38.3 Å². The summed E-state index contributed by atoms with van der Waals surface area (Å²) >= 11 is 0. The van der Waals surface area contributed by atoms with Gasteiger partial charge >= 0.3 is 6.03 Å². The lowest BCUT2D eigenvalue weighted by atomic mass is 9.96. The molecule has 1 heterocycles. The maximum atomic E-state index is 12.5. The lowest BCUT2D eigenvalue weighted by Crippen LogP contribution is -2.50. The number of β-amino-alcohol motifs (C(OH)–C–C–N with tert-alkyl or cyclic N) is 1. The summed E-state index contributed by atoms with van der Waals surface area (Å²) in [7, 11) is 0. The fourth-order valence-corrected chi connectivity index (χ4v) is 2.77. The molecule has 3 unspecified atom stereocenters. The van der Waals surface area contributed by atoms with Gasteiger partial charge in [-0.2, -0.15) is 0 Å². The molecule has 0 aliphatic carbocycles. The average Bonchev–Trinajstić information content (AvgIpc) is 2.54. The molecule has 0 saturated carbocycles. The van der Waals surface area contributed by atoms with E-state index in [1.54, 1.807) is 4.90 Å². The highest BCUT2D eigenvalue weighted by atomic mass is 16.3. The van der Waals surface area contributed by atoms with E-state index < -0.39 is 6.10 Å². The molecule has 4 nitrogen and oxygen atoms in total.